The first-order chi connectivity index (χ1) is 7.70. The molecule has 0 saturated carbocycles. The fourth-order valence-corrected chi connectivity index (χ4v) is 1.60. The Morgan fingerprint density at radius 1 is 1.44 bits per heavy atom. The van der Waals surface area contributed by atoms with E-state index in [1.807, 2.05) is 13.0 Å². The molecule has 84 valence electrons. The lowest BCUT2D eigenvalue weighted by atomic mass is 10.1. The first-order valence-electron chi connectivity index (χ1n) is 5.16. The van der Waals surface area contributed by atoms with Crippen molar-refractivity contribution in [3.8, 4) is 17.1 Å². The van der Waals surface area contributed by atoms with E-state index in [2.05, 4.69) is 4.98 Å². The van der Waals surface area contributed by atoms with Gasteiger partial charge in [0.1, 0.15) is 5.75 Å². The summed E-state index contributed by atoms with van der Waals surface area (Å²) in [4.78, 5) is 4.28. The predicted octanol–water partition coefficient (Wildman–Crippen LogP) is 1.86. The van der Waals surface area contributed by atoms with Crippen LogP contribution in [0.4, 0.5) is 0 Å². The maximum absolute atomic E-state index is 9.39. The number of oxazole rings is 1. The Balaban J connectivity index is 2.40. The Hall–Kier alpha value is -1.81. The SMILES string of the molecule is Cc1nc(CCN)oc1-c1cccc(O)c1. The van der Waals surface area contributed by atoms with E-state index in [4.69, 9.17) is 10.2 Å². The van der Waals surface area contributed by atoms with Gasteiger partial charge >= 0.3 is 0 Å². The van der Waals surface area contributed by atoms with Crippen molar-refractivity contribution < 1.29 is 9.52 Å². The molecule has 4 heteroatoms. The second-order valence-corrected chi connectivity index (χ2v) is 3.61. The zero-order chi connectivity index (χ0) is 11.5. The van der Waals surface area contributed by atoms with Crippen LogP contribution in [0.5, 0.6) is 5.75 Å². The minimum Gasteiger partial charge on any atom is -0.508 e. The summed E-state index contributed by atoms with van der Waals surface area (Å²) in [6.45, 7) is 2.39. The number of aromatic hydroxyl groups is 1. The number of aromatic nitrogens is 1. The van der Waals surface area contributed by atoms with Gasteiger partial charge in [0.25, 0.3) is 0 Å². The second-order valence-electron chi connectivity index (χ2n) is 3.61. The van der Waals surface area contributed by atoms with Crippen LogP contribution in [0.15, 0.2) is 28.7 Å². The smallest absolute Gasteiger partial charge is 0.196 e. The molecule has 0 aliphatic heterocycles. The lowest BCUT2D eigenvalue weighted by Gasteiger charge is -1.98. The molecule has 0 spiro atoms. The van der Waals surface area contributed by atoms with Crippen LogP contribution in [-0.2, 0) is 6.42 Å². The molecule has 16 heavy (non-hydrogen) atoms. The molecule has 0 unspecified atom stereocenters. The first-order valence-corrected chi connectivity index (χ1v) is 5.16. The Morgan fingerprint density at radius 2 is 2.25 bits per heavy atom. The molecule has 0 saturated heterocycles. The summed E-state index contributed by atoms with van der Waals surface area (Å²) in [7, 11) is 0. The van der Waals surface area contributed by atoms with E-state index in [1.54, 1.807) is 18.2 Å². The van der Waals surface area contributed by atoms with E-state index in [1.165, 1.54) is 0 Å². The van der Waals surface area contributed by atoms with Crippen LogP contribution in [0.3, 0.4) is 0 Å². The Morgan fingerprint density at radius 3 is 2.94 bits per heavy atom. The summed E-state index contributed by atoms with van der Waals surface area (Å²) in [6, 6.07) is 6.92. The molecule has 1 heterocycles. The van der Waals surface area contributed by atoms with Gasteiger partial charge in [-0.3, -0.25) is 0 Å². The van der Waals surface area contributed by atoms with E-state index in [9.17, 15) is 5.11 Å². The third kappa shape index (κ3) is 2.06. The third-order valence-corrected chi connectivity index (χ3v) is 2.31. The normalized spacial score (nSPS) is 10.6. The van der Waals surface area contributed by atoms with Crippen LogP contribution in [0, 0.1) is 6.92 Å². The van der Waals surface area contributed by atoms with Crippen LogP contribution in [0.1, 0.15) is 11.6 Å². The van der Waals surface area contributed by atoms with Crippen LogP contribution < -0.4 is 5.73 Å². The van der Waals surface area contributed by atoms with Gasteiger partial charge in [0.15, 0.2) is 11.7 Å². The number of nitrogens with zero attached hydrogens (tertiary/aromatic N) is 1. The van der Waals surface area contributed by atoms with Gasteiger partial charge in [0.2, 0.25) is 0 Å². The minimum atomic E-state index is 0.216. The molecule has 2 aromatic rings. The van der Waals surface area contributed by atoms with E-state index < -0.39 is 0 Å². The number of aryl methyl sites for hydroxylation is 1. The molecular formula is C12H14N2O2. The molecule has 1 aromatic carbocycles. The zero-order valence-corrected chi connectivity index (χ0v) is 9.10. The molecular weight excluding hydrogens is 204 g/mol. The van der Waals surface area contributed by atoms with Gasteiger partial charge in [-0.15, -0.1) is 0 Å². The highest BCUT2D eigenvalue weighted by Gasteiger charge is 2.11. The summed E-state index contributed by atoms with van der Waals surface area (Å²) < 4.78 is 5.59. The molecule has 0 aliphatic rings. The number of benzene rings is 1. The van der Waals surface area contributed by atoms with Gasteiger partial charge in [-0.25, -0.2) is 4.98 Å². The number of nitrogens with two attached hydrogens (primary N) is 1. The van der Waals surface area contributed by atoms with Crippen LogP contribution in [0.25, 0.3) is 11.3 Å². The molecule has 0 radical (unpaired) electrons. The molecule has 0 amide bonds. The van der Waals surface area contributed by atoms with Crippen molar-refractivity contribution in [2.45, 2.75) is 13.3 Å². The number of phenolic OH excluding ortho intramolecular Hbond substituents is 1. The third-order valence-electron chi connectivity index (χ3n) is 2.31. The molecule has 0 bridgehead atoms. The van der Waals surface area contributed by atoms with Crippen molar-refractivity contribution in [3.63, 3.8) is 0 Å². The van der Waals surface area contributed by atoms with Crippen LogP contribution >= 0.6 is 0 Å². The van der Waals surface area contributed by atoms with E-state index >= 15 is 0 Å². The largest absolute Gasteiger partial charge is 0.508 e. The number of rotatable bonds is 3. The molecule has 0 atom stereocenters. The van der Waals surface area contributed by atoms with Crippen molar-refractivity contribution in [2.24, 2.45) is 5.73 Å². The Kier molecular flexibility index (Phi) is 2.92. The van der Waals surface area contributed by atoms with Crippen LogP contribution in [0.2, 0.25) is 0 Å². The monoisotopic (exact) mass is 218 g/mol. The van der Waals surface area contributed by atoms with Gasteiger partial charge in [-0.05, 0) is 19.1 Å². The van der Waals surface area contributed by atoms with Crippen molar-refractivity contribution in [1.29, 1.82) is 0 Å². The van der Waals surface area contributed by atoms with Crippen molar-refractivity contribution >= 4 is 0 Å². The van der Waals surface area contributed by atoms with E-state index in [0.29, 0.717) is 24.6 Å². The fraction of sp³-hybridized carbons (Fsp3) is 0.250. The first kappa shape index (κ1) is 10.7. The van der Waals surface area contributed by atoms with Crippen molar-refractivity contribution in [3.05, 3.63) is 35.9 Å². The average Bonchev–Trinajstić information content (AvgIpc) is 2.60. The van der Waals surface area contributed by atoms with E-state index in [0.717, 1.165) is 11.3 Å². The number of hydrogen-bond donors (Lipinski definition) is 2. The number of hydrogen-bond acceptors (Lipinski definition) is 4. The summed E-state index contributed by atoms with van der Waals surface area (Å²) in [5.74, 6) is 1.55. The standard InChI is InChI=1S/C12H14N2O2/c1-8-12(16-11(14-8)5-6-13)9-3-2-4-10(15)7-9/h2-4,7,15H,5-6,13H2,1H3. The molecule has 0 aliphatic carbocycles. The van der Waals surface area contributed by atoms with Gasteiger partial charge in [-0.1, -0.05) is 12.1 Å². The highest BCUT2D eigenvalue weighted by atomic mass is 16.4. The maximum atomic E-state index is 9.39. The average molecular weight is 218 g/mol. The summed E-state index contributed by atoms with van der Waals surface area (Å²) >= 11 is 0. The quantitative estimate of drug-likeness (QED) is 0.824. The highest BCUT2D eigenvalue weighted by molar-refractivity contribution is 5.61. The maximum Gasteiger partial charge on any atom is 0.196 e. The van der Waals surface area contributed by atoms with Gasteiger partial charge in [0, 0.05) is 18.5 Å². The van der Waals surface area contributed by atoms with Crippen molar-refractivity contribution in [2.75, 3.05) is 6.54 Å². The number of phenols is 1. The molecule has 2 rings (SSSR count). The van der Waals surface area contributed by atoms with Crippen LogP contribution in [-0.4, -0.2) is 16.6 Å². The molecule has 4 nitrogen and oxygen atoms in total. The summed E-state index contributed by atoms with van der Waals surface area (Å²) in [5.41, 5.74) is 7.08. The predicted molar refractivity (Wildman–Crippen MR) is 61.1 cm³/mol. The molecule has 3 N–H and O–H groups in total. The van der Waals surface area contributed by atoms with Crippen molar-refractivity contribution in [1.82, 2.24) is 4.98 Å². The Labute approximate surface area is 93.7 Å². The minimum absolute atomic E-state index is 0.216. The lowest BCUT2D eigenvalue weighted by Crippen LogP contribution is -2.02. The lowest BCUT2D eigenvalue weighted by molar-refractivity contribution is 0.474. The molecule has 0 fully saturated rings. The van der Waals surface area contributed by atoms with Gasteiger partial charge in [0.05, 0.1) is 5.69 Å². The fourth-order valence-electron chi connectivity index (χ4n) is 1.60. The van der Waals surface area contributed by atoms with E-state index in [-0.39, 0.29) is 5.75 Å². The second kappa shape index (κ2) is 4.37. The highest BCUT2D eigenvalue weighted by Crippen LogP contribution is 2.27. The zero-order valence-electron chi connectivity index (χ0n) is 9.10. The van der Waals surface area contributed by atoms with Gasteiger partial charge in [-0.2, -0.15) is 0 Å². The summed E-state index contributed by atoms with van der Waals surface area (Å²) in [6.07, 6.45) is 0.625. The topological polar surface area (TPSA) is 72.3 Å². The Bertz CT molecular complexity index is 492. The molecule has 1 aromatic heterocycles. The van der Waals surface area contributed by atoms with Gasteiger partial charge < -0.3 is 15.3 Å². The summed E-state index contributed by atoms with van der Waals surface area (Å²) in [5, 5.41) is 9.39.